The molecule has 0 aromatic heterocycles. The van der Waals surface area contributed by atoms with Crippen molar-refractivity contribution in [2.75, 3.05) is 0 Å². The van der Waals surface area contributed by atoms with E-state index in [4.69, 9.17) is 0 Å². The highest BCUT2D eigenvalue weighted by molar-refractivity contribution is 7.92. The Morgan fingerprint density at radius 1 is 1.22 bits per heavy atom. The lowest BCUT2D eigenvalue weighted by Gasteiger charge is -2.28. The number of benzene rings is 1. The Balaban J connectivity index is 2.39. The summed E-state index contributed by atoms with van der Waals surface area (Å²) in [4.78, 5) is 11.1. The highest BCUT2D eigenvalue weighted by Crippen LogP contribution is 2.39. The lowest BCUT2D eigenvalue weighted by molar-refractivity contribution is -0.121. The van der Waals surface area contributed by atoms with E-state index in [-0.39, 0.29) is 36.4 Å². The molecule has 0 N–H and O–H groups in total. The van der Waals surface area contributed by atoms with Crippen LogP contribution in [0, 0.1) is 6.92 Å². The molecule has 1 saturated carbocycles. The maximum atomic E-state index is 14.6. The van der Waals surface area contributed by atoms with Crippen LogP contribution in [0.1, 0.15) is 31.2 Å². The third-order valence-corrected chi connectivity index (χ3v) is 5.58. The second-order valence-corrected chi connectivity index (χ2v) is 6.95. The van der Waals surface area contributed by atoms with E-state index in [2.05, 4.69) is 0 Å². The van der Waals surface area contributed by atoms with Gasteiger partial charge in [0.1, 0.15) is 5.78 Å². The summed E-state index contributed by atoms with van der Waals surface area (Å²) in [5.74, 6) is -0.0669. The van der Waals surface area contributed by atoms with Gasteiger partial charge in [0.15, 0.2) is 0 Å². The molecule has 0 aliphatic heterocycles. The van der Waals surface area contributed by atoms with E-state index in [0.29, 0.717) is 0 Å². The number of ketones is 1. The van der Waals surface area contributed by atoms with E-state index in [9.17, 15) is 17.6 Å². The minimum Gasteiger partial charge on any atom is -0.300 e. The van der Waals surface area contributed by atoms with Crippen LogP contribution >= 0.6 is 0 Å². The zero-order valence-corrected chi connectivity index (χ0v) is 11.0. The number of Topliss-reactive ketones (excluding diaryl/α,β-unsaturated/α-hetero) is 1. The monoisotopic (exact) mass is 270 g/mol. The van der Waals surface area contributed by atoms with Gasteiger partial charge >= 0.3 is 0 Å². The van der Waals surface area contributed by atoms with Crippen molar-refractivity contribution in [1.29, 1.82) is 0 Å². The van der Waals surface area contributed by atoms with Gasteiger partial charge in [0.2, 0.25) is 14.8 Å². The average Bonchev–Trinajstić information content (AvgIpc) is 2.33. The lowest BCUT2D eigenvalue weighted by atomic mass is 9.97. The number of sulfone groups is 1. The molecule has 1 aromatic rings. The predicted molar refractivity (Wildman–Crippen MR) is 65.7 cm³/mol. The molecule has 0 radical (unpaired) electrons. The Hall–Kier alpha value is -1.23. The van der Waals surface area contributed by atoms with Crippen LogP contribution in [-0.2, 0) is 14.6 Å². The Morgan fingerprint density at radius 3 is 2.39 bits per heavy atom. The Kier molecular flexibility index (Phi) is 3.27. The first-order valence-electron chi connectivity index (χ1n) is 5.87. The van der Waals surface area contributed by atoms with Gasteiger partial charge in [-0.15, -0.1) is 0 Å². The van der Waals surface area contributed by atoms with Gasteiger partial charge < -0.3 is 0 Å². The minimum absolute atomic E-state index is 0.000603. The largest absolute Gasteiger partial charge is 0.300 e. The zero-order valence-electron chi connectivity index (χ0n) is 10.1. The maximum Gasteiger partial charge on any atom is 0.216 e. The number of aryl methyl sites for hydroxylation is 1. The third-order valence-electron chi connectivity index (χ3n) is 3.34. The maximum absolute atomic E-state index is 14.6. The second-order valence-electron chi connectivity index (χ2n) is 4.74. The first-order chi connectivity index (χ1) is 8.35. The molecular weight excluding hydrogens is 255 g/mol. The van der Waals surface area contributed by atoms with E-state index in [1.54, 1.807) is 19.1 Å². The van der Waals surface area contributed by atoms with Gasteiger partial charge in [0, 0.05) is 25.7 Å². The van der Waals surface area contributed by atoms with Crippen molar-refractivity contribution in [1.82, 2.24) is 0 Å². The molecule has 0 amide bonds. The van der Waals surface area contributed by atoms with Crippen LogP contribution in [0.4, 0.5) is 4.39 Å². The molecule has 1 aliphatic rings. The summed E-state index contributed by atoms with van der Waals surface area (Å²) in [5.41, 5.74) is 0.770. The van der Waals surface area contributed by atoms with Gasteiger partial charge in [-0.05, 0) is 24.6 Å². The van der Waals surface area contributed by atoms with Crippen LogP contribution in [0.5, 0.6) is 0 Å². The zero-order chi connectivity index (χ0) is 13.4. The summed E-state index contributed by atoms with van der Waals surface area (Å²) >= 11 is 0. The highest BCUT2D eigenvalue weighted by atomic mass is 32.2. The average molecular weight is 270 g/mol. The number of hydrogen-bond acceptors (Lipinski definition) is 3. The van der Waals surface area contributed by atoms with E-state index < -0.39 is 14.8 Å². The first-order valence-corrected chi connectivity index (χ1v) is 7.35. The normalized spacial score (nSPS) is 19.8. The van der Waals surface area contributed by atoms with E-state index in [1.807, 2.05) is 0 Å². The van der Waals surface area contributed by atoms with Gasteiger partial charge in [0.05, 0.1) is 4.90 Å². The molecule has 0 saturated heterocycles. The number of halogens is 1. The molecule has 98 valence electrons. The molecule has 1 fully saturated rings. The molecular formula is C13H15FO3S. The fraction of sp³-hybridized carbons (Fsp3) is 0.462. The molecule has 0 atom stereocenters. The van der Waals surface area contributed by atoms with Crippen molar-refractivity contribution >= 4 is 15.6 Å². The van der Waals surface area contributed by atoms with Crippen molar-refractivity contribution in [3.63, 3.8) is 0 Å². The molecule has 2 rings (SSSR count). The summed E-state index contributed by atoms with van der Waals surface area (Å²) in [6, 6.07) is 6.22. The van der Waals surface area contributed by atoms with Crippen molar-refractivity contribution in [3.05, 3.63) is 29.8 Å². The standard InChI is InChI=1S/C13H15FO3S/c1-10-3-2-4-12(9-10)18(16,17)13(14)7-5-11(15)6-8-13/h2-4,9H,5-8H2,1H3. The Morgan fingerprint density at radius 2 is 1.83 bits per heavy atom. The number of alkyl halides is 1. The van der Waals surface area contributed by atoms with Crippen LogP contribution in [0.25, 0.3) is 0 Å². The van der Waals surface area contributed by atoms with Crippen LogP contribution < -0.4 is 0 Å². The quantitative estimate of drug-likeness (QED) is 0.830. The fourth-order valence-corrected chi connectivity index (χ4v) is 3.93. The summed E-state index contributed by atoms with van der Waals surface area (Å²) < 4.78 is 39.2. The van der Waals surface area contributed by atoms with E-state index in [0.717, 1.165) is 5.56 Å². The van der Waals surface area contributed by atoms with Gasteiger partial charge in [-0.3, -0.25) is 4.79 Å². The fourth-order valence-electron chi connectivity index (χ4n) is 2.16. The molecule has 1 aromatic carbocycles. The SMILES string of the molecule is Cc1cccc(S(=O)(=O)C2(F)CCC(=O)CC2)c1. The van der Waals surface area contributed by atoms with Crippen molar-refractivity contribution in [3.8, 4) is 0 Å². The molecule has 0 heterocycles. The van der Waals surface area contributed by atoms with Crippen LogP contribution in [0.2, 0.25) is 0 Å². The number of hydrogen-bond donors (Lipinski definition) is 0. The molecule has 0 unspecified atom stereocenters. The van der Waals surface area contributed by atoms with Crippen LogP contribution in [0.3, 0.4) is 0 Å². The number of rotatable bonds is 2. The van der Waals surface area contributed by atoms with Gasteiger partial charge in [-0.2, -0.15) is 0 Å². The van der Waals surface area contributed by atoms with E-state index >= 15 is 0 Å². The molecule has 0 bridgehead atoms. The molecule has 0 spiro atoms. The first kappa shape index (κ1) is 13.2. The van der Waals surface area contributed by atoms with Crippen molar-refractivity contribution in [2.24, 2.45) is 0 Å². The minimum atomic E-state index is -4.03. The van der Waals surface area contributed by atoms with Crippen LogP contribution in [0.15, 0.2) is 29.2 Å². The molecule has 5 heteroatoms. The Bertz CT molecular complexity index is 568. The Labute approximate surface area is 106 Å². The molecule has 1 aliphatic carbocycles. The molecule has 3 nitrogen and oxygen atoms in total. The third kappa shape index (κ3) is 2.19. The predicted octanol–water partition coefficient (Wildman–Crippen LogP) is 2.58. The van der Waals surface area contributed by atoms with Gasteiger partial charge in [-0.25, -0.2) is 12.8 Å². The summed E-state index contributed by atoms with van der Waals surface area (Å²) in [6.45, 7) is 1.76. The van der Waals surface area contributed by atoms with Gasteiger partial charge in [0.25, 0.3) is 0 Å². The lowest BCUT2D eigenvalue weighted by Crippen LogP contribution is -2.38. The van der Waals surface area contributed by atoms with E-state index in [1.165, 1.54) is 12.1 Å². The number of carbonyl (C=O) groups is 1. The smallest absolute Gasteiger partial charge is 0.216 e. The van der Waals surface area contributed by atoms with Gasteiger partial charge in [-0.1, -0.05) is 12.1 Å². The highest BCUT2D eigenvalue weighted by Gasteiger charge is 2.47. The second kappa shape index (κ2) is 4.46. The summed E-state index contributed by atoms with van der Waals surface area (Å²) in [7, 11) is -4.03. The topological polar surface area (TPSA) is 51.2 Å². The van der Waals surface area contributed by atoms with Crippen LogP contribution in [-0.4, -0.2) is 19.2 Å². The van der Waals surface area contributed by atoms with Crippen molar-refractivity contribution < 1.29 is 17.6 Å². The molecule has 18 heavy (non-hydrogen) atoms. The van der Waals surface area contributed by atoms with Crippen molar-refractivity contribution in [2.45, 2.75) is 42.5 Å². The summed E-state index contributed by atoms with van der Waals surface area (Å²) in [5, 5.41) is -2.30. The number of carbonyl (C=O) groups excluding carboxylic acids is 1. The summed E-state index contributed by atoms with van der Waals surface area (Å²) in [6.07, 6.45) is -0.465.